The van der Waals surface area contributed by atoms with Gasteiger partial charge in [0.05, 0.1) is 21.9 Å². The topological polar surface area (TPSA) is 217 Å². The van der Waals surface area contributed by atoms with Crippen molar-refractivity contribution in [2.24, 2.45) is 26.8 Å². The molecule has 1 aliphatic heterocycles. The lowest BCUT2D eigenvalue weighted by Gasteiger charge is -2.20. The van der Waals surface area contributed by atoms with Crippen molar-refractivity contribution in [1.29, 1.82) is 0 Å². The molecule has 1 aromatic heterocycles. The number of hydrogen-bond acceptors (Lipinski definition) is 10. The van der Waals surface area contributed by atoms with Gasteiger partial charge in [-0.2, -0.15) is 5.21 Å². The molecule has 1 aromatic carbocycles. The SMILES string of the molecule is NCCS(=O)(=O)c1ccc(C2=CC3=NC=NC(=O)C3C=C2)c(-c2nn[nH]n2)c1S(N)(=O)=O. The molecule has 2 heterocycles. The molecule has 0 radical (unpaired) electrons. The molecule has 166 valence electrons. The quantitative estimate of drug-likeness (QED) is 0.456. The molecular formula is C17H16N8O5S2. The molecule has 1 unspecified atom stereocenters. The maximum Gasteiger partial charge on any atom is 0.260 e. The van der Waals surface area contributed by atoms with Crippen LogP contribution in [0.1, 0.15) is 5.56 Å². The van der Waals surface area contributed by atoms with Crippen LogP contribution in [0.25, 0.3) is 17.0 Å². The third kappa shape index (κ3) is 3.81. The molecule has 5 N–H and O–H groups in total. The van der Waals surface area contributed by atoms with Crippen LogP contribution in [0, 0.1) is 5.92 Å². The second kappa shape index (κ2) is 7.94. The molecule has 0 saturated heterocycles. The Morgan fingerprint density at radius 1 is 1.16 bits per heavy atom. The van der Waals surface area contributed by atoms with Gasteiger partial charge in [-0.25, -0.2) is 32.0 Å². The highest BCUT2D eigenvalue weighted by Gasteiger charge is 2.33. The molecule has 15 heteroatoms. The van der Waals surface area contributed by atoms with E-state index in [-0.39, 0.29) is 23.5 Å². The van der Waals surface area contributed by atoms with Crippen molar-refractivity contribution in [1.82, 2.24) is 20.6 Å². The molecule has 0 saturated carbocycles. The number of allylic oxidation sites excluding steroid dienone is 3. The molecule has 0 fully saturated rings. The summed E-state index contributed by atoms with van der Waals surface area (Å²) in [6.07, 6.45) is 5.82. The summed E-state index contributed by atoms with van der Waals surface area (Å²) < 4.78 is 50.7. The fourth-order valence-electron chi connectivity index (χ4n) is 3.41. The summed E-state index contributed by atoms with van der Waals surface area (Å²) in [5, 5.41) is 18.8. The van der Waals surface area contributed by atoms with Gasteiger partial charge in [-0.15, -0.1) is 10.2 Å². The zero-order valence-corrected chi connectivity index (χ0v) is 17.8. The van der Waals surface area contributed by atoms with E-state index < -0.39 is 47.2 Å². The third-order valence-electron chi connectivity index (χ3n) is 4.76. The lowest BCUT2D eigenvalue weighted by atomic mass is 9.88. The number of rotatable bonds is 6. The molecule has 2 aliphatic rings. The second-order valence-electron chi connectivity index (χ2n) is 6.78. The Morgan fingerprint density at radius 3 is 2.59 bits per heavy atom. The van der Waals surface area contributed by atoms with Crippen LogP contribution in [0.4, 0.5) is 0 Å². The Bertz CT molecular complexity index is 1440. The highest BCUT2D eigenvalue weighted by atomic mass is 32.2. The van der Waals surface area contributed by atoms with E-state index in [1.165, 1.54) is 6.07 Å². The number of amides is 1. The Kier molecular flexibility index (Phi) is 5.41. The summed E-state index contributed by atoms with van der Waals surface area (Å²) in [4.78, 5) is 18.5. The summed E-state index contributed by atoms with van der Waals surface area (Å²) in [5.41, 5.74) is 6.29. The fourth-order valence-corrected chi connectivity index (χ4v) is 6.16. The number of hydrogen-bond donors (Lipinski definition) is 3. The van der Waals surface area contributed by atoms with Gasteiger partial charge in [0.2, 0.25) is 15.8 Å². The van der Waals surface area contributed by atoms with Gasteiger partial charge in [-0.05, 0) is 28.5 Å². The first-order chi connectivity index (χ1) is 15.1. The van der Waals surface area contributed by atoms with E-state index >= 15 is 0 Å². The fraction of sp³-hybridized carbons (Fsp3) is 0.176. The number of fused-ring (bicyclic) bond motifs is 1. The summed E-state index contributed by atoms with van der Waals surface area (Å²) in [6, 6.07) is 2.54. The first-order valence-corrected chi connectivity index (χ1v) is 12.2. The van der Waals surface area contributed by atoms with Crippen molar-refractivity contribution in [3.63, 3.8) is 0 Å². The average molecular weight is 477 g/mol. The van der Waals surface area contributed by atoms with Gasteiger partial charge in [0.1, 0.15) is 17.2 Å². The van der Waals surface area contributed by atoms with Crippen molar-refractivity contribution >= 4 is 43.4 Å². The number of H-pyrrole nitrogens is 1. The van der Waals surface area contributed by atoms with Crippen LogP contribution >= 0.6 is 0 Å². The number of tetrazole rings is 1. The number of nitrogens with one attached hydrogen (secondary N) is 1. The lowest BCUT2D eigenvalue weighted by Crippen LogP contribution is -2.25. The van der Waals surface area contributed by atoms with Crippen molar-refractivity contribution in [2.45, 2.75) is 9.79 Å². The van der Waals surface area contributed by atoms with Crippen LogP contribution in [-0.2, 0) is 24.7 Å². The number of benzene rings is 1. The number of aliphatic imine (C=N–C) groups is 2. The first-order valence-electron chi connectivity index (χ1n) is 9.04. The Morgan fingerprint density at radius 2 is 1.94 bits per heavy atom. The van der Waals surface area contributed by atoms with Crippen molar-refractivity contribution in [3.05, 3.63) is 35.9 Å². The summed E-state index contributed by atoms with van der Waals surface area (Å²) in [6.45, 7) is -0.226. The van der Waals surface area contributed by atoms with E-state index in [4.69, 9.17) is 10.9 Å². The van der Waals surface area contributed by atoms with Gasteiger partial charge < -0.3 is 5.73 Å². The zero-order valence-electron chi connectivity index (χ0n) is 16.2. The van der Waals surface area contributed by atoms with Gasteiger partial charge >= 0.3 is 0 Å². The summed E-state index contributed by atoms with van der Waals surface area (Å²) >= 11 is 0. The van der Waals surface area contributed by atoms with E-state index in [1.807, 2.05) is 0 Å². The predicted molar refractivity (Wildman–Crippen MR) is 114 cm³/mol. The number of aromatic amines is 1. The number of nitrogens with zero attached hydrogens (tertiary/aromatic N) is 5. The number of carbonyl (C=O) groups is 1. The molecule has 1 aliphatic carbocycles. The van der Waals surface area contributed by atoms with Crippen LogP contribution < -0.4 is 10.9 Å². The molecule has 1 atom stereocenters. The second-order valence-corrected chi connectivity index (χ2v) is 10.4. The summed E-state index contributed by atoms with van der Waals surface area (Å²) in [5.74, 6) is -1.75. The zero-order chi connectivity index (χ0) is 23.1. The van der Waals surface area contributed by atoms with Crippen LogP contribution in [0.15, 0.2) is 50.1 Å². The number of primary sulfonamides is 1. The minimum atomic E-state index is -4.58. The van der Waals surface area contributed by atoms with Crippen LogP contribution in [-0.4, -0.2) is 67.7 Å². The van der Waals surface area contributed by atoms with Gasteiger partial charge in [0.15, 0.2) is 9.84 Å². The molecule has 4 rings (SSSR count). The first kappa shape index (κ1) is 21.8. The largest absolute Gasteiger partial charge is 0.329 e. The smallest absolute Gasteiger partial charge is 0.260 e. The third-order valence-corrected chi connectivity index (χ3v) is 7.66. The molecule has 13 nitrogen and oxygen atoms in total. The van der Waals surface area contributed by atoms with E-state index in [0.29, 0.717) is 11.3 Å². The monoisotopic (exact) mass is 476 g/mol. The number of nitrogens with two attached hydrogens (primary N) is 2. The van der Waals surface area contributed by atoms with E-state index in [0.717, 1.165) is 12.4 Å². The Hall–Kier alpha value is -3.40. The number of sulfonamides is 1. The predicted octanol–water partition coefficient (Wildman–Crippen LogP) is -1.17. The minimum Gasteiger partial charge on any atom is -0.329 e. The van der Waals surface area contributed by atoms with E-state index in [9.17, 15) is 21.6 Å². The maximum atomic E-state index is 12.8. The van der Waals surface area contributed by atoms with E-state index in [2.05, 4.69) is 30.6 Å². The van der Waals surface area contributed by atoms with Crippen LogP contribution in [0.2, 0.25) is 0 Å². The van der Waals surface area contributed by atoms with Crippen LogP contribution in [0.3, 0.4) is 0 Å². The number of sulfone groups is 1. The van der Waals surface area contributed by atoms with Gasteiger partial charge in [0, 0.05) is 6.54 Å². The average Bonchev–Trinajstić information content (AvgIpc) is 3.26. The van der Waals surface area contributed by atoms with Gasteiger partial charge in [-0.1, -0.05) is 18.2 Å². The molecule has 0 spiro atoms. The number of aromatic nitrogens is 4. The molecule has 1 amide bonds. The Labute approximate surface area is 182 Å². The molecule has 32 heavy (non-hydrogen) atoms. The van der Waals surface area contributed by atoms with E-state index in [1.54, 1.807) is 18.2 Å². The highest BCUT2D eigenvalue weighted by molar-refractivity contribution is 7.93. The maximum absolute atomic E-state index is 12.8. The van der Waals surface area contributed by atoms with Crippen molar-refractivity contribution in [3.8, 4) is 11.4 Å². The van der Waals surface area contributed by atoms with Crippen LogP contribution in [0.5, 0.6) is 0 Å². The van der Waals surface area contributed by atoms with Crippen molar-refractivity contribution in [2.75, 3.05) is 12.3 Å². The van der Waals surface area contributed by atoms with Crippen molar-refractivity contribution < 1.29 is 21.6 Å². The molecular weight excluding hydrogens is 460 g/mol. The van der Waals surface area contributed by atoms with Gasteiger partial charge in [0.25, 0.3) is 5.91 Å². The molecule has 2 aromatic rings. The normalized spacial score (nSPS) is 18.3. The molecule has 0 bridgehead atoms. The highest BCUT2D eigenvalue weighted by Crippen LogP contribution is 2.38. The Balaban J connectivity index is 2.04. The lowest BCUT2D eigenvalue weighted by molar-refractivity contribution is -0.118. The number of carbonyl (C=O) groups excluding carboxylic acids is 1. The summed E-state index contributed by atoms with van der Waals surface area (Å²) in [7, 11) is -8.69. The minimum absolute atomic E-state index is 0.162. The van der Waals surface area contributed by atoms with Gasteiger partial charge in [-0.3, -0.25) is 4.79 Å². The standard InChI is InChI=1S/C17H16N8O5S2/c18-5-6-31(27,28)13-4-3-10(9-1-2-11-12(7-9)20-8-21-17(11)26)14(15(13)32(19,29)30)16-22-24-25-23-16/h1-4,7-8,11H,5-6,18H2,(H2,19,29,30)(H,22,23,24,25).